The number of thiazole rings is 1. The molecule has 0 aliphatic rings. The molecule has 4 nitrogen and oxygen atoms in total. The molecule has 1 N–H and O–H groups in total. The molecule has 0 radical (unpaired) electrons. The monoisotopic (exact) mass is 285 g/mol. The maximum absolute atomic E-state index is 5.12. The van der Waals surface area contributed by atoms with Crippen LogP contribution < -0.4 is 10.1 Å². The van der Waals surface area contributed by atoms with Crippen LogP contribution >= 0.6 is 11.3 Å². The van der Waals surface area contributed by atoms with Crippen molar-refractivity contribution in [1.82, 2.24) is 9.97 Å². The van der Waals surface area contributed by atoms with Crippen LogP contribution in [0.3, 0.4) is 0 Å². The Hall–Kier alpha value is -2.14. The topological polar surface area (TPSA) is 47.0 Å². The predicted octanol–water partition coefficient (Wildman–Crippen LogP) is 3.62. The molecule has 0 fully saturated rings. The average molecular weight is 285 g/mol. The van der Waals surface area contributed by atoms with Crippen molar-refractivity contribution in [2.45, 2.75) is 13.5 Å². The van der Waals surface area contributed by atoms with E-state index in [1.807, 2.05) is 12.1 Å². The lowest BCUT2D eigenvalue weighted by Crippen LogP contribution is -1.99. The van der Waals surface area contributed by atoms with Crippen molar-refractivity contribution in [3.63, 3.8) is 0 Å². The van der Waals surface area contributed by atoms with Gasteiger partial charge < -0.3 is 10.1 Å². The number of aromatic nitrogens is 2. The first-order valence-corrected chi connectivity index (χ1v) is 7.16. The predicted molar refractivity (Wildman–Crippen MR) is 82.5 cm³/mol. The minimum absolute atomic E-state index is 0.629. The minimum atomic E-state index is 0.629. The van der Waals surface area contributed by atoms with Gasteiger partial charge in [-0.15, -0.1) is 0 Å². The van der Waals surface area contributed by atoms with Gasteiger partial charge in [-0.3, -0.25) is 0 Å². The van der Waals surface area contributed by atoms with Gasteiger partial charge >= 0.3 is 0 Å². The van der Waals surface area contributed by atoms with Crippen molar-refractivity contribution < 1.29 is 4.74 Å². The fourth-order valence-electron chi connectivity index (χ4n) is 1.96. The Bertz CT molecular complexity index is 739. The van der Waals surface area contributed by atoms with E-state index in [0.29, 0.717) is 12.4 Å². The third-order valence-electron chi connectivity index (χ3n) is 3.00. The van der Waals surface area contributed by atoms with Gasteiger partial charge in [0.1, 0.15) is 0 Å². The Kier molecular flexibility index (Phi) is 3.52. The van der Waals surface area contributed by atoms with E-state index in [-0.39, 0.29) is 0 Å². The summed E-state index contributed by atoms with van der Waals surface area (Å²) in [4.78, 5) is 8.67. The maximum atomic E-state index is 5.12. The van der Waals surface area contributed by atoms with E-state index < -0.39 is 0 Å². The quantitative estimate of drug-likeness (QED) is 0.795. The van der Waals surface area contributed by atoms with E-state index in [2.05, 4.69) is 40.4 Å². The van der Waals surface area contributed by atoms with E-state index in [4.69, 9.17) is 4.74 Å². The van der Waals surface area contributed by atoms with Gasteiger partial charge in [0.05, 0.1) is 17.3 Å². The highest BCUT2D eigenvalue weighted by Crippen LogP contribution is 2.27. The van der Waals surface area contributed by atoms with Crippen molar-refractivity contribution in [3.05, 3.63) is 47.7 Å². The summed E-state index contributed by atoms with van der Waals surface area (Å²) in [6.07, 6.45) is 1.75. The molecular weight excluding hydrogens is 270 g/mol. The Balaban J connectivity index is 1.76. The van der Waals surface area contributed by atoms with Crippen molar-refractivity contribution in [1.29, 1.82) is 0 Å². The Morgan fingerprint density at radius 1 is 1.25 bits per heavy atom. The van der Waals surface area contributed by atoms with Gasteiger partial charge in [0.25, 0.3) is 0 Å². The van der Waals surface area contributed by atoms with Crippen molar-refractivity contribution in [2.24, 2.45) is 0 Å². The van der Waals surface area contributed by atoms with E-state index in [9.17, 15) is 0 Å². The van der Waals surface area contributed by atoms with Crippen molar-refractivity contribution >= 4 is 26.7 Å². The third-order valence-corrected chi connectivity index (χ3v) is 3.97. The first kappa shape index (κ1) is 12.9. The molecule has 3 aromatic rings. The molecule has 102 valence electrons. The molecule has 0 saturated heterocycles. The molecule has 0 spiro atoms. The smallest absolute Gasteiger partial charge is 0.213 e. The summed E-state index contributed by atoms with van der Waals surface area (Å²) >= 11 is 1.67. The Labute approximate surface area is 121 Å². The van der Waals surface area contributed by atoms with Crippen LogP contribution in [0, 0.1) is 6.92 Å². The van der Waals surface area contributed by atoms with Crippen molar-refractivity contribution in [2.75, 3.05) is 12.4 Å². The maximum Gasteiger partial charge on any atom is 0.213 e. The third kappa shape index (κ3) is 2.72. The fraction of sp³-hybridized carbons (Fsp3) is 0.200. The minimum Gasteiger partial charge on any atom is -0.481 e. The first-order valence-electron chi connectivity index (χ1n) is 6.34. The molecule has 0 bridgehead atoms. The number of benzene rings is 1. The summed E-state index contributed by atoms with van der Waals surface area (Å²) in [7, 11) is 1.62. The van der Waals surface area contributed by atoms with Crippen LogP contribution in [0.15, 0.2) is 36.5 Å². The largest absolute Gasteiger partial charge is 0.481 e. The lowest BCUT2D eigenvalue weighted by Gasteiger charge is -2.04. The number of ether oxygens (including phenoxy) is 1. The number of hydrogen-bond acceptors (Lipinski definition) is 5. The van der Waals surface area contributed by atoms with E-state index >= 15 is 0 Å². The highest BCUT2D eigenvalue weighted by molar-refractivity contribution is 7.22. The van der Waals surface area contributed by atoms with Crippen LogP contribution in [0.2, 0.25) is 0 Å². The number of rotatable bonds is 4. The summed E-state index contributed by atoms with van der Waals surface area (Å²) in [5.41, 5.74) is 3.41. The number of aryl methyl sites for hydroxylation is 1. The highest BCUT2D eigenvalue weighted by Gasteiger charge is 2.04. The molecule has 3 rings (SSSR count). The SMILES string of the molecule is COc1cc(CNc2nc3ccc(C)cc3s2)ccn1. The number of anilines is 1. The summed E-state index contributed by atoms with van der Waals surface area (Å²) in [5.74, 6) is 0.629. The lowest BCUT2D eigenvalue weighted by atomic mass is 10.2. The lowest BCUT2D eigenvalue weighted by molar-refractivity contribution is 0.397. The first-order chi connectivity index (χ1) is 9.74. The summed E-state index contributed by atoms with van der Waals surface area (Å²) in [5, 5.41) is 4.28. The van der Waals surface area contributed by atoms with E-state index in [0.717, 1.165) is 16.2 Å². The number of methoxy groups -OCH3 is 1. The van der Waals surface area contributed by atoms with Crippen LogP contribution in [0.25, 0.3) is 10.2 Å². The zero-order chi connectivity index (χ0) is 13.9. The molecule has 20 heavy (non-hydrogen) atoms. The van der Waals surface area contributed by atoms with E-state index in [1.54, 1.807) is 24.6 Å². The molecule has 0 aliphatic carbocycles. The van der Waals surface area contributed by atoms with Gasteiger partial charge in [-0.1, -0.05) is 17.4 Å². The zero-order valence-corrected chi connectivity index (χ0v) is 12.2. The molecular formula is C15H15N3OS. The number of nitrogens with one attached hydrogen (secondary N) is 1. The van der Waals surface area contributed by atoms with Crippen LogP contribution in [-0.4, -0.2) is 17.1 Å². The molecule has 0 amide bonds. The molecule has 1 aromatic carbocycles. The number of pyridine rings is 1. The van der Waals surface area contributed by atoms with Crippen LogP contribution in [0.1, 0.15) is 11.1 Å². The Morgan fingerprint density at radius 2 is 2.15 bits per heavy atom. The summed E-state index contributed by atoms with van der Waals surface area (Å²) in [6.45, 7) is 2.80. The zero-order valence-electron chi connectivity index (χ0n) is 11.4. The molecule has 0 saturated carbocycles. The summed E-state index contributed by atoms with van der Waals surface area (Å²) in [6, 6.07) is 10.2. The number of hydrogen-bond donors (Lipinski definition) is 1. The standard InChI is InChI=1S/C15H15N3OS/c1-10-3-4-12-13(7-10)20-15(18-12)17-9-11-5-6-16-14(8-11)19-2/h3-8H,9H2,1-2H3,(H,17,18). The summed E-state index contributed by atoms with van der Waals surface area (Å²) < 4.78 is 6.32. The average Bonchev–Trinajstić information content (AvgIpc) is 2.87. The molecule has 2 heterocycles. The van der Waals surface area contributed by atoms with Crippen LogP contribution in [0.4, 0.5) is 5.13 Å². The second-order valence-electron chi connectivity index (χ2n) is 4.55. The highest BCUT2D eigenvalue weighted by atomic mass is 32.1. The number of fused-ring (bicyclic) bond motifs is 1. The molecule has 2 aromatic heterocycles. The normalized spacial score (nSPS) is 10.7. The van der Waals surface area contributed by atoms with Gasteiger partial charge in [0, 0.05) is 18.8 Å². The fourth-order valence-corrected chi connectivity index (χ4v) is 2.92. The van der Waals surface area contributed by atoms with Crippen molar-refractivity contribution in [3.8, 4) is 5.88 Å². The van der Waals surface area contributed by atoms with Gasteiger partial charge in [-0.2, -0.15) is 0 Å². The van der Waals surface area contributed by atoms with Gasteiger partial charge in [0.2, 0.25) is 5.88 Å². The van der Waals surface area contributed by atoms with Crippen LogP contribution in [0.5, 0.6) is 5.88 Å². The molecule has 5 heteroatoms. The Morgan fingerprint density at radius 3 is 3.00 bits per heavy atom. The van der Waals surface area contributed by atoms with E-state index in [1.165, 1.54) is 10.3 Å². The van der Waals surface area contributed by atoms with Crippen LogP contribution in [-0.2, 0) is 6.54 Å². The molecule has 0 atom stereocenters. The van der Waals surface area contributed by atoms with Gasteiger partial charge in [0.15, 0.2) is 5.13 Å². The second-order valence-corrected chi connectivity index (χ2v) is 5.58. The van der Waals surface area contributed by atoms with Gasteiger partial charge in [-0.05, 0) is 36.2 Å². The number of nitrogens with zero attached hydrogens (tertiary/aromatic N) is 2. The molecule has 0 unspecified atom stereocenters. The second kappa shape index (κ2) is 5.46. The van der Waals surface area contributed by atoms with Gasteiger partial charge in [-0.25, -0.2) is 9.97 Å². The molecule has 0 aliphatic heterocycles.